The first-order chi connectivity index (χ1) is 51.8. The van der Waals surface area contributed by atoms with E-state index in [0.29, 0.717) is 67.4 Å². The molecule has 15 rings (SSSR count). The molecule has 0 radical (unpaired) electrons. The van der Waals surface area contributed by atoms with Crippen LogP contribution in [-0.2, 0) is 21.7 Å². The normalized spacial score (nSPS) is 19.9. The Morgan fingerprint density at radius 2 is 1.18 bits per heavy atom. The first-order valence-corrected chi connectivity index (χ1v) is 28.8. The van der Waals surface area contributed by atoms with Gasteiger partial charge < -0.3 is 4.74 Å². The number of ether oxygens (including phenoxy) is 1. The Labute approximate surface area is 545 Å². The third-order valence-electron chi connectivity index (χ3n) is 16.8. The molecule has 0 atom stereocenters. The zero-order valence-corrected chi connectivity index (χ0v) is 48.5. The van der Waals surface area contributed by atoms with Crippen molar-refractivity contribution in [2.75, 3.05) is 0 Å². The zero-order valence-electron chi connectivity index (χ0n) is 72.5. The van der Waals surface area contributed by atoms with Crippen LogP contribution in [0.3, 0.4) is 0 Å². The van der Waals surface area contributed by atoms with Crippen LogP contribution in [0.2, 0.25) is 0 Å². The van der Waals surface area contributed by atoms with Crippen molar-refractivity contribution in [2.45, 2.75) is 103 Å². The maximum atomic E-state index is 10.5. The fraction of sp³-hybridized carbons (Fsp3) is 0.195. The van der Waals surface area contributed by atoms with Crippen LogP contribution in [0.1, 0.15) is 137 Å². The number of imidazole rings is 1. The molecule has 0 spiro atoms. The van der Waals surface area contributed by atoms with Gasteiger partial charge in [-0.25, -0.2) is 4.98 Å². The standard InChI is InChI=1S/C82H72N4O/c1-79(2,3)56-36-33-53(34-37-56)62-29-20-31-68-76-61(52-21-12-11-13-22-52)28-19-30-67(76)63-25-14-15-26-64(63)69-45-55(54-35-40-70-71(46-54)82(9,10)43-42-81(70,7)8)47-74-78(69)85(77(62)68)51-84(74)58-23-18-24-59(49-58)87-60-38-39-66-65-27-16-17-32-72(65)86(73(66)50-60)75-48-57(41-44-83-75)80(4,5)6/h11-41,44-50H,42-43H2,1-10H3/i7D3,8D3,9D3,10D3,11D,12D,13D,21D,22D,35D,40D,42D2,43D2,46D. The first-order valence-electron chi connectivity index (χ1n) is 40.8. The lowest BCUT2D eigenvalue weighted by Gasteiger charge is -2.42. The summed E-state index contributed by atoms with van der Waals surface area (Å²) in [5.74, 6) is 1.37. The van der Waals surface area contributed by atoms with Gasteiger partial charge in [-0.1, -0.05) is 233 Å². The monoisotopic (exact) mass is 1150 g/mol. The molecule has 87 heavy (non-hydrogen) atoms. The molecular weight excluding hydrogens is 1060 g/mol. The van der Waals surface area contributed by atoms with Crippen molar-refractivity contribution in [2.24, 2.45) is 0 Å². The zero-order chi connectivity index (χ0) is 80.3. The van der Waals surface area contributed by atoms with Crippen molar-refractivity contribution in [3.63, 3.8) is 0 Å². The van der Waals surface area contributed by atoms with Gasteiger partial charge >= 0.3 is 0 Å². The number of aromatic nitrogens is 4. The number of hydrogen-bond donors (Lipinski definition) is 0. The van der Waals surface area contributed by atoms with E-state index in [2.05, 4.69) is 58.5 Å². The molecule has 426 valence electrons. The Morgan fingerprint density at radius 3 is 1.95 bits per heavy atom. The summed E-state index contributed by atoms with van der Waals surface area (Å²) in [4.78, 5) is 4.87. The quantitative estimate of drug-likeness (QED) is 0.118. The average Bonchev–Trinajstić information content (AvgIpc) is 0.795. The van der Waals surface area contributed by atoms with Crippen molar-refractivity contribution in [1.82, 2.24) is 14.1 Å². The third kappa shape index (κ3) is 9.12. The lowest BCUT2D eigenvalue weighted by Crippen LogP contribution is -2.33. The van der Waals surface area contributed by atoms with Gasteiger partial charge in [-0.15, -0.1) is 0 Å². The minimum atomic E-state index is -4.60. The van der Waals surface area contributed by atoms with E-state index in [4.69, 9.17) is 22.1 Å². The van der Waals surface area contributed by atoms with Gasteiger partial charge in [-0.05, 0) is 178 Å². The highest BCUT2D eigenvalue weighted by Gasteiger charge is 2.38. The van der Waals surface area contributed by atoms with E-state index in [1.54, 1.807) is 82.1 Å². The van der Waals surface area contributed by atoms with Crippen molar-refractivity contribution in [3.05, 3.63) is 259 Å². The second kappa shape index (κ2) is 20.0. The predicted octanol–water partition coefficient (Wildman–Crippen LogP) is 21.3. The summed E-state index contributed by atoms with van der Waals surface area (Å²) in [5.41, 5.74) is -5.11. The number of pyridine rings is 1. The summed E-state index contributed by atoms with van der Waals surface area (Å²) in [5, 5.41) is 1.89. The van der Waals surface area contributed by atoms with Crippen LogP contribution in [0.25, 0.3) is 117 Å². The Balaban J connectivity index is 1.10. The summed E-state index contributed by atoms with van der Waals surface area (Å²) >= 11 is 0. The van der Waals surface area contributed by atoms with Crippen LogP contribution in [0.5, 0.6) is 11.5 Å². The molecule has 10 aromatic carbocycles. The highest BCUT2D eigenvalue weighted by molar-refractivity contribution is 6.10. The van der Waals surface area contributed by atoms with E-state index in [1.807, 2.05) is 91.0 Å². The van der Waals surface area contributed by atoms with Crippen LogP contribution >= 0.6 is 0 Å². The first kappa shape index (κ1) is 33.9. The van der Waals surface area contributed by atoms with Crippen LogP contribution in [0.15, 0.2) is 230 Å². The molecule has 5 heteroatoms. The third-order valence-corrected chi connectivity index (χ3v) is 16.8. The number of fused-ring (bicyclic) bond motifs is 11. The molecule has 0 saturated heterocycles. The molecule has 0 fully saturated rings. The van der Waals surface area contributed by atoms with Gasteiger partial charge in [-0.2, -0.15) is 0 Å². The lowest BCUT2D eigenvalue weighted by molar-refractivity contribution is -0.570. The molecule has 4 heterocycles. The SMILES string of the molecule is [2H]c1c([2H])c([2H])c(-c2cccc3c2-c2cccc(-c4ccc(C(C)(C)C)cc4)c2-[n+]2[c-]n(-c4cccc(Oc5ccc6c7ccccc7n(-c7cc(C(C)(C)C)ccn7)c6c5)c4)c4cc(-c5c([2H])c([2H])c6c(c5[2H])C(C([2H])([2H])[2H])(C([2H])([2H])[2H])C([2H])([2H])C([2H])([2H])C6(C([2H])([2H])[2H])C([2H])([2H])[2H])cc(c42)-c2ccccc2-3)c([2H])c1[2H]. The topological polar surface area (TPSA) is 35.9 Å². The molecule has 0 saturated carbocycles. The molecule has 13 aromatic rings. The predicted molar refractivity (Wildman–Crippen MR) is 361 cm³/mol. The summed E-state index contributed by atoms with van der Waals surface area (Å²) in [6.07, 6.45) is -3.70. The van der Waals surface area contributed by atoms with Gasteiger partial charge in [0.2, 0.25) is 0 Å². The van der Waals surface area contributed by atoms with E-state index >= 15 is 0 Å². The summed E-state index contributed by atoms with van der Waals surface area (Å²) < 4.78 is 237. The van der Waals surface area contributed by atoms with Crippen molar-refractivity contribution >= 4 is 32.8 Å². The Morgan fingerprint density at radius 1 is 0.517 bits per heavy atom. The Bertz CT molecular complexity index is 6030. The van der Waals surface area contributed by atoms with Gasteiger partial charge in [0.1, 0.15) is 17.3 Å². The van der Waals surface area contributed by atoms with E-state index < -0.39 is 116 Å². The Hall–Kier alpha value is -9.58. The molecule has 3 aromatic heterocycles. The van der Waals surface area contributed by atoms with Gasteiger partial charge in [0.15, 0.2) is 0 Å². The van der Waals surface area contributed by atoms with E-state index in [1.165, 1.54) is 12.1 Å². The fourth-order valence-electron chi connectivity index (χ4n) is 12.4. The molecule has 1 aliphatic carbocycles. The van der Waals surface area contributed by atoms with E-state index in [9.17, 15) is 20.6 Å². The van der Waals surface area contributed by atoms with Crippen LogP contribution in [0.4, 0.5) is 0 Å². The molecule has 0 amide bonds. The maximum absolute atomic E-state index is 10.5. The molecule has 0 N–H and O–H groups in total. The Kier molecular flexibility index (Phi) is 7.80. The molecule has 2 aliphatic rings. The fourth-order valence-corrected chi connectivity index (χ4v) is 12.4. The number of nitrogens with zero attached hydrogens (tertiary/aromatic N) is 4. The maximum Gasteiger partial charge on any atom is 0.269 e. The smallest absolute Gasteiger partial charge is 0.269 e. The van der Waals surface area contributed by atoms with Gasteiger partial charge in [-0.3, -0.25) is 13.7 Å². The van der Waals surface area contributed by atoms with Crippen LogP contribution in [0, 0.1) is 6.33 Å². The molecule has 0 bridgehead atoms. The average molecular weight is 1150 g/mol. The number of rotatable bonds is 7. The highest BCUT2D eigenvalue weighted by atomic mass is 16.5. The number of hydrogen-bond acceptors (Lipinski definition) is 2. The van der Waals surface area contributed by atoms with Gasteiger partial charge in [0.25, 0.3) is 6.33 Å². The van der Waals surface area contributed by atoms with Gasteiger partial charge in [0.05, 0.1) is 44.4 Å². The molecule has 0 unspecified atom stereocenters. The summed E-state index contributed by atoms with van der Waals surface area (Å²) in [6, 6.07) is 46.4. The highest BCUT2D eigenvalue weighted by Crippen LogP contribution is 2.51. The van der Waals surface area contributed by atoms with Crippen LogP contribution in [-0.4, -0.2) is 14.1 Å². The summed E-state index contributed by atoms with van der Waals surface area (Å²) in [6.45, 7) is -4.63. The minimum absolute atomic E-state index is 0.131. The van der Waals surface area contributed by atoms with Crippen molar-refractivity contribution in [3.8, 4) is 95.5 Å². The molecule has 5 nitrogen and oxygen atoms in total. The summed E-state index contributed by atoms with van der Waals surface area (Å²) in [7, 11) is 0. The lowest BCUT2D eigenvalue weighted by atomic mass is 9.63. The van der Waals surface area contributed by atoms with Crippen molar-refractivity contribution < 1.29 is 42.2 Å². The minimum Gasteiger partial charge on any atom is -0.458 e. The molecular formula is C82H72N4O. The van der Waals surface area contributed by atoms with Crippen molar-refractivity contribution in [1.29, 1.82) is 0 Å². The van der Waals surface area contributed by atoms with Gasteiger partial charge in [0, 0.05) is 45.0 Å². The second-order valence-corrected chi connectivity index (χ2v) is 24.5. The molecule has 1 aliphatic heterocycles. The number of para-hydroxylation sites is 2. The van der Waals surface area contributed by atoms with Crippen LogP contribution < -0.4 is 9.30 Å². The number of benzene rings is 10. The largest absolute Gasteiger partial charge is 0.458 e. The van der Waals surface area contributed by atoms with E-state index in [-0.39, 0.29) is 44.3 Å². The second-order valence-electron chi connectivity index (χ2n) is 24.5. The van der Waals surface area contributed by atoms with E-state index in [0.717, 1.165) is 32.9 Å².